The quantitative estimate of drug-likeness (QED) is 0.328. The van der Waals surface area contributed by atoms with Crippen molar-refractivity contribution >= 4 is 0 Å². The van der Waals surface area contributed by atoms with E-state index >= 15 is 0 Å². The minimum atomic E-state index is -0.737. The van der Waals surface area contributed by atoms with Crippen molar-refractivity contribution in [1.82, 2.24) is 0 Å². The lowest BCUT2D eigenvalue weighted by Gasteiger charge is -2.53. The van der Waals surface area contributed by atoms with Crippen molar-refractivity contribution in [3.63, 3.8) is 0 Å². The summed E-state index contributed by atoms with van der Waals surface area (Å²) in [4.78, 5) is 0. The second-order valence-electron chi connectivity index (χ2n) is 17.6. The third-order valence-corrected chi connectivity index (χ3v) is 13.6. The van der Waals surface area contributed by atoms with Crippen LogP contribution in [0.15, 0.2) is 60.7 Å². The zero-order chi connectivity index (χ0) is 37.6. The Morgan fingerprint density at radius 1 is 0.600 bits per heavy atom. The molecule has 9 rings (SSSR count). The first-order chi connectivity index (χ1) is 26.7. The average molecular weight is 765 g/mol. The molecule has 7 saturated heterocycles. The summed E-state index contributed by atoms with van der Waals surface area (Å²) in [6, 6.07) is 20.6. The lowest BCUT2D eigenvalue weighted by molar-refractivity contribution is -0.312. The summed E-state index contributed by atoms with van der Waals surface area (Å²) in [5, 5.41) is 20.3. The smallest absolute Gasteiger partial charge is 0.107 e. The maximum atomic E-state index is 10.5. The predicted octanol–water partition coefficient (Wildman–Crippen LogP) is 5.19. The SMILES string of the molecule is C[C@@]12C[C@@H]3O[C@@H]4CC[C@@H]5O[C@@H]6C[C@H](O)[C@@H](CO)O[C@H]6C[C@@]5(C)O[C@H]4C[C@H]3O[C@H]1CC[C@H]1O[C@@H](CCOCc3ccccc3)[C@H](OCc3ccccc3)C[C@@H]1O2. The van der Waals surface area contributed by atoms with Gasteiger partial charge in [0.15, 0.2) is 0 Å². The van der Waals surface area contributed by atoms with Gasteiger partial charge in [0.25, 0.3) is 0 Å². The van der Waals surface area contributed by atoms with Crippen LogP contribution in [0.3, 0.4) is 0 Å². The van der Waals surface area contributed by atoms with E-state index < -0.39 is 23.4 Å². The Labute approximate surface area is 325 Å². The van der Waals surface area contributed by atoms with Crippen molar-refractivity contribution in [1.29, 1.82) is 0 Å². The Morgan fingerprint density at radius 2 is 1.16 bits per heavy atom. The minimum absolute atomic E-state index is 0.0559. The minimum Gasteiger partial charge on any atom is -0.394 e. The molecular formula is C44H60O11. The van der Waals surface area contributed by atoms with Crippen LogP contribution in [0.1, 0.15) is 89.2 Å². The van der Waals surface area contributed by atoms with E-state index in [2.05, 4.69) is 38.1 Å². The molecule has 2 aromatic carbocycles. The molecule has 11 heteroatoms. The lowest BCUT2D eigenvalue weighted by Crippen LogP contribution is -2.63. The summed E-state index contributed by atoms with van der Waals surface area (Å²) in [5.74, 6) is 0. The highest BCUT2D eigenvalue weighted by Gasteiger charge is 2.58. The van der Waals surface area contributed by atoms with Crippen molar-refractivity contribution in [2.24, 2.45) is 0 Å². The third kappa shape index (κ3) is 8.19. The van der Waals surface area contributed by atoms with E-state index in [1.807, 2.05) is 36.4 Å². The zero-order valence-electron chi connectivity index (χ0n) is 32.3. The molecule has 55 heavy (non-hydrogen) atoms. The normalized spacial score (nSPS) is 45.3. The Bertz CT molecular complexity index is 1550. The summed E-state index contributed by atoms with van der Waals surface area (Å²) in [5.41, 5.74) is 1.20. The zero-order valence-corrected chi connectivity index (χ0v) is 32.3. The van der Waals surface area contributed by atoms with Gasteiger partial charge < -0.3 is 52.8 Å². The lowest BCUT2D eigenvalue weighted by atomic mass is 9.81. The van der Waals surface area contributed by atoms with Crippen molar-refractivity contribution in [2.75, 3.05) is 13.2 Å². The highest BCUT2D eigenvalue weighted by Crippen LogP contribution is 2.49. The van der Waals surface area contributed by atoms with Gasteiger partial charge in [-0.25, -0.2) is 0 Å². The topological polar surface area (TPSA) is 124 Å². The van der Waals surface area contributed by atoms with Gasteiger partial charge in [-0.05, 0) is 57.1 Å². The predicted molar refractivity (Wildman–Crippen MR) is 200 cm³/mol. The number of rotatable bonds is 9. The van der Waals surface area contributed by atoms with Gasteiger partial charge in [-0.1, -0.05) is 60.7 Å². The maximum absolute atomic E-state index is 10.5. The first-order valence-corrected chi connectivity index (χ1v) is 20.9. The Hall–Kier alpha value is -2.00. The molecule has 0 aliphatic carbocycles. The molecule has 0 radical (unpaired) electrons. The molecule has 0 unspecified atom stereocenters. The Kier molecular flexibility index (Phi) is 11.4. The summed E-state index contributed by atoms with van der Waals surface area (Å²) >= 11 is 0. The van der Waals surface area contributed by atoms with E-state index in [1.54, 1.807) is 0 Å². The number of ether oxygens (including phenoxy) is 9. The molecule has 7 heterocycles. The molecule has 7 aliphatic heterocycles. The Balaban J connectivity index is 0.855. The van der Waals surface area contributed by atoms with Crippen molar-refractivity contribution in [3.05, 3.63) is 71.8 Å². The average Bonchev–Trinajstić information content (AvgIpc) is 3.41. The largest absolute Gasteiger partial charge is 0.394 e. The van der Waals surface area contributed by atoms with E-state index in [9.17, 15) is 10.2 Å². The van der Waals surface area contributed by atoms with Gasteiger partial charge in [0.2, 0.25) is 0 Å². The molecule has 0 aromatic heterocycles. The second kappa shape index (κ2) is 16.3. The highest BCUT2D eigenvalue weighted by atomic mass is 16.6. The first kappa shape index (κ1) is 38.5. The number of aliphatic hydroxyl groups excluding tert-OH is 2. The van der Waals surface area contributed by atoms with Gasteiger partial charge in [-0.3, -0.25) is 0 Å². The number of hydrogen-bond acceptors (Lipinski definition) is 11. The molecule has 0 bridgehead atoms. The maximum Gasteiger partial charge on any atom is 0.107 e. The van der Waals surface area contributed by atoms with Crippen molar-refractivity contribution < 1.29 is 52.8 Å². The van der Waals surface area contributed by atoms with E-state index in [4.69, 9.17) is 42.6 Å². The summed E-state index contributed by atoms with van der Waals surface area (Å²) < 4.78 is 60.5. The fourth-order valence-corrected chi connectivity index (χ4v) is 10.6. The van der Waals surface area contributed by atoms with Gasteiger partial charge in [-0.2, -0.15) is 0 Å². The number of benzene rings is 2. The molecule has 2 N–H and O–H groups in total. The monoisotopic (exact) mass is 764 g/mol. The van der Waals surface area contributed by atoms with Crippen LogP contribution < -0.4 is 0 Å². The molecule has 16 atom stereocenters. The van der Waals surface area contributed by atoms with E-state index in [-0.39, 0.29) is 79.9 Å². The van der Waals surface area contributed by atoms with Crippen LogP contribution in [-0.4, -0.2) is 120 Å². The van der Waals surface area contributed by atoms with Gasteiger partial charge in [0, 0.05) is 38.7 Å². The molecular weight excluding hydrogens is 704 g/mol. The van der Waals surface area contributed by atoms with Crippen molar-refractivity contribution in [3.8, 4) is 0 Å². The third-order valence-electron chi connectivity index (χ3n) is 13.6. The Morgan fingerprint density at radius 3 is 1.82 bits per heavy atom. The van der Waals surface area contributed by atoms with Crippen LogP contribution in [0, 0.1) is 0 Å². The van der Waals surface area contributed by atoms with Crippen LogP contribution in [0.25, 0.3) is 0 Å². The van der Waals surface area contributed by atoms with Crippen LogP contribution in [0.2, 0.25) is 0 Å². The van der Waals surface area contributed by atoms with Gasteiger partial charge in [0.05, 0.1) is 110 Å². The van der Waals surface area contributed by atoms with Crippen LogP contribution in [-0.2, 0) is 55.8 Å². The van der Waals surface area contributed by atoms with E-state index in [0.717, 1.165) is 62.5 Å². The molecule has 0 spiro atoms. The molecule has 0 saturated carbocycles. The molecule has 11 nitrogen and oxygen atoms in total. The summed E-state index contributed by atoms with van der Waals surface area (Å²) in [6.45, 7) is 5.80. The van der Waals surface area contributed by atoms with E-state index in [1.165, 1.54) is 0 Å². The fourth-order valence-electron chi connectivity index (χ4n) is 10.6. The molecule has 7 aliphatic rings. The molecule has 302 valence electrons. The van der Waals surface area contributed by atoms with Gasteiger partial charge in [-0.15, -0.1) is 0 Å². The first-order valence-electron chi connectivity index (χ1n) is 20.9. The standard InChI is InChI=1S/C44H60O11/c1-43-22-38-34(19-29(46)40(24-45)51-38)52-41(43)16-14-31-37(55-43)21-35-39(50-31)23-44(2)42(53-35)15-13-30-36(54-44)20-33(48-26-28-11-7-4-8-12-28)32(49-30)17-18-47-25-27-9-5-3-6-10-27/h3-12,29-42,45-46H,13-26H2,1-2H3/t29-,30+,31+,32-,33+,34+,35+,36-,37-,38-,39-,40+,41-,42-,43+,44+/m0/s1. The molecule has 0 amide bonds. The highest BCUT2D eigenvalue weighted by molar-refractivity contribution is 5.14. The second-order valence-corrected chi connectivity index (χ2v) is 17.6. The number of hydrogen-bond donors (Lipinski definition) is 2. The number of fused-ring (bicyclic) bond motifs is 6. The fraction of sp³-hybridized carbons (Fsp3) is 0.727. The van der Waals surface area contributed by atoms with Gasteiger partial charge >= 0.3 is 0 Å². The molecule has 7 fully saturated rings. The summed E-state index contributed by atoms with van der Waals surface area (Å²) in [6.07, 6.45) is 4.60. The van der Waals surface area contributed by atoms with E-state index in [0.29, 0.717) is 32.7 Å². The van der Waals surface area contributed by atoms with Gasteiger partial charge in [0.1, 0.15) is 6.10 Å². The van der Waals surface area contributed by atoms with Crippen LogP contribution >= 0.6 is 0 Å². The molecule has 2 aromatic rings. The number of aliphatic hydroxyl groups is 2. The summed E-state index contributed by atoms with van der Waals surface area (Å²) in [7, 11) is 0. The van der Waals surface area contributed by atoms with Crippen molar-refractivity contribution in [2.45, 2.75) is 188 Å². The van der Waals surface area contributed by atoms with Crippen LogP contribution in [0.4, 0.5) is 0 Å². The van der Waals surface area contributed by atoms with Crippen LogP contribution in [0.5, 0.6) is 0 Å².